The fourth-order valence-electron chi connectivity index (χ4n) is 2.84. The second-order valence-corrected chi connectivity index (χ2v) is 5.77. The van der Waals surface area contributed by atoms with Crippen LogP contribution in [-0.2, 0) is 17.9 Å². The van der Waals surface area contributed by atoms with E-state index in [9.17, 15) is 4.79 Å². The summed E-state index contributed by atoms with van der Waals surface area (Å²) in [5.41, 5.74) is 2.22. The Kier molecular flexibility index (Phi) is 6.54. The van der Waals surface area contributed by atoms with Crippen molar-refractivity contribution in [2.45, 2.75) is 57.7 Å². The van der Waals surface area contributed by atoms with Crippen LogP contribution in [-0.4, -0.2) is 19.2 Å². The number of hydrogen-bond acceptors (Lipinski definition) is 2. The monoisotopic (exact) mass is 290 g/mol. The average molecular weight is 290 g/mol. The Morgan fingerprint density at radius 3 is 2.62 bits per heavy atom. The summed E-state index contributed by atoms with van der Waals surface area (Å²) in [6, 6.07) is 8.39. The van der Waals surface area contributed by atoms with Gasteiger partial charge < -0.3 is 15.4 Å². The van der Waals surface area contributed by atoms with E-state index in [1.807, 2.05) is 18.2 Å². The van der Waals surface area contributed by atoms with Gasteiger partial charge in [-0.1, -0.05) is 49.9 Å². The average Bonchev–Trinajstić information content (AvgIpc) is 2.75. The van der Waals surface area contributed by atoms with Crippen LogP contribution < -0.4 is 10.6 Å². The first-order valence-corrected chi connectivity index (χ1v) is 7.89. The number of methoxy groups -OCH3 is 1. The lowest BCUT2D eigenvalue weighted by Crippen LogP contribution is -2.41. The van der Waals surface area contributed by atoms with Crippen LogP contribution in [0.3, 0.4) is 0 Å². The Bertz CT molecular complexity index is 440. The standard InChI is InChI=1S/C17H26N2O2/c1-21-13-15-8-6-7-14(11-15)12-18-17(20)19-16-9-4-2-3-5-10-16/h6-8,11,16H,2-5,9-10,12-13H2,1H3,(H2,18,19,20). The molecule has 1 aromatic rings. The molecule has 1 aliphatic carbocycles. The largest absolute Gasteiger partial charge is 0.380 e. The number of urea groups is 1. The van der Waals surface area contributed by atoms with Crippen LogP contribution in [0.2, 0.25) is 0 Å². The van der Waals surface area contributed by atoms with E-state index in [4.69, 9.17) is 4.74 Å². The molecule has 1 saturated carbocycles. The summed E-state index contributed by atoms with van der Waals surface area (Å²) in [4.78, 5) is 12.0. The molecule has 1 fully saturated rings. The van der Waals surface area contributed by atoms with Crippen molar-refractivity contribution in [1.29, 1.82) is 0 Å². The van der Waals surface area contributed by atoms with E-state index in [2.05, 4.69) is 16.7 Å². The molecular formula is C17H26N2O2. The molecule has 0 spiro atoms. The van der Waals surface area contributed by atoms with E-state index in [-0.39, 0.29) is 6.03 Å². The van der Waals surface area contributed by atoms with Gasteiger partial charge in [0.15, 0.2) is 0 Å². The SMILES string of the molecule is COCc1cccc(CNC(=O)NC2CCCCCC2)c1. The van der Waals surface area contributed by atoms with Gasteiger partial charge in [-0.05, 0) is 24.0 Å². The lowest BCUT2D eigenvalue weighted by molar-refractivity contribution is 0.185. The number of carbonyl (C=O) groups excluding carboxylic acids is 1. The smallest absolute Gasteiger partial charge is 0.315 e. The summed E-state index contributed by atoms with van der Waals surface area (Å²) in [5, 5.41) is 6.04. The minimum atomic E-state index is -0.0564. The molecule has 0 saturated heterocycles. The summed E-state index contributed by atoms with van der Waals surface area (Å²) in [7, 11) is 1.69. The molecule has 0 unspecified atom stereocenters. The zero-order valence-corrected chi connectivity index (χ0v) is 12.9. The molecule has 4 heteroatoms. The predicted molar refractivity (Wildman–Crippen MR) is 84.0 cm³/mol. The Hall–Kier alpha value is -1.55. The fraction of sp³-hybridized carbons (Fsp3) is 0.588. The fourth-order valence-corrected chi connectivity index (χ4v) is 2.84. The van der Waals surface area contributed by atoms with E-state index in [0.29, 0.717) is 19.2 Å². The molecule has 2 N–H and O–H groups in total. The number of rotatable bonds is 5. The predicted octanol–water partition coefficient (Wildman–Crippen LogP) is 3.36. The second kappa shape index (κ2) is 8.67. The van der Waals surface area contributed by atoms with E-state index < -0.39 is 0 Å². The maximum atomic E-state index is 12.0. The highest BCUT2D eigenvalue weighted by molar-refractivity contribution is 5.74. The van der Waals surface area contributed by atoms with Crippen LogP contribution >= 0.6 is 0 Å². The zero-order valence-electron chi connectivity index (χ0n) is 12.9. The first kappa shape index (κ1) is 15.8. The van der Waals surface area contributed by atoms with Gasteiger partial charge in [-0.2, -0.15) is 0 Å². The van der Waals surface area contributed by atoms with Gasteiger partial charge in [0.2, 0.25) is 0 Å². The molecule has 21 heavy (non-hydrogen) atoms. The lowest BCUT2D eigenvalue weighted by Gasteiger charge is -2.16. The van der Waals surface area contributed by atoms with Crippen LogP contribution in [0.4, 0.5) is 4.79 Å². The normalized spacial score (nSPS) is 16.2. The van der Waals surface area contributed by atoms with Crippen LogP contribution in [0, 0.1) is 0 Å². The van der Waals surface area contributed by atoms with Crippen molar-refractivity contribution < 1.29 is 9.53 Å². The molecule has 0 atom stereocenters. The van der Waals surface area contributed by atoms with Crippen LogP contribution in [0.5, 0.6) is 0 Å². The molecule has 0 aliphatic heterocycles. The molecule has 116 valence electrons. The number of hydrogen-bond donors (Lipinski definition) is 2. The topological polar surface area (TPSA) is 50.4 Å². The van der Waals surface area contributed by atoms with Gasteiger partial charge in [-0.25, -0.2) is 4.79 Å². The quantitative estimate of drug-likeness (QED) is 0.817. The Balaban J connectivity index is 1.76. The number of ether oxygens (including phenoxy) is 1. The van der Waals surface area contributed by atoms with Gasteiger partial charge >= 0.3 is 6.03 Å². The van der Waals surface area contributed by atoms with Crippen molar-refractivity contribution in [1.82, 2.24) is 10.6 Å². The van der Waals surface area contributed by atoms with Gasteiger partial charge in [0, 0.05) is 19.7 Å². The molecule has 0 aromatic heterocycles. The molecule has 0 heterocycles. The van der Waals surface area contributed by atoms with E-state index in [0.717, 1.165) is 24.0 Å². The van der Waals surface area contributed by atoms with Gasteiger partial charge in [0.05, 0.1) is 6.61 Å². The summed E-state index contributed by atoms with van der Waals surface area (Å²) >= 11 is 0. The zero-order chi connectivity index (χ0) is 14.9. The van der Waals surface area contributed by atoms with Crippen molar-refractivity contribution in [3.63, 3.8) is 0 Å². The van der Waals surface area contributed by atoms with Crippen molar-refractivity contribution in [3.8, 4) is 0 Å². The number of carbonyl (C=O) groups is 1. The Morgan fingerprint density at radius 1 is 1.19 bits per heavy atom. The molecule has 0 bridgehead atoms. The van der Waals surface area contributed by atoms with Gasteiger partial charge in [0.25, 0.3) is 0 Å². The van der Waals surface area contributed by atoms with E-state index in [1.165, 1.54) is 25.7 Å². The summed E-state index contributed by atoms with van der Waals surface area (Å²) in [5.74, 6) is 0. The lowest BCUT2D eigenvalue weighted by atomic mass is 10.1. The first-order chi connectivity index (χ1) is 10.3. The van der Waals surface area contributed by atoms with Crippen LogP contribution in [0.1, 0.15) is 49.7 Å². The molecule has 1 aromatic carbocycles. The maximum absolute atomic E-state index is 12.0. The summed E-state index contributed by atoms with van der Waals surface area (Å²) in [6.07, 6.45) is 7.26. The molecule has 2 rings (SSSR count). The van der Waals surface area contributed by atoms with Crippen molar-refractivity contribution >= 4 is 6.03 Å². The molecule has 1 aliphatic rings. The molecule has 4 nitrogen and oxygen atoms in total. The minimum absolute atomic E-state index is 0.0564. The van der Waals surface area contributed by atoms with E-state index >= 15 is 0 Å². The summed E-state index contributed by atoms with van der Waals surface area (Å²) < 4.78 is 5.12. The third-order valence-electron chi connectivity index (χ3n) is 3.95. The Labute approximate surface area is 127 Å². The number of benzene rings is 1. The number of nitrogens with one attached hydrogen (secondary N) is 2. The third-order valence-corrected chi connectivity index (χ3v) is 3.95. The van der Waals surface area contributed by atoms with Crippen molar-refractivity contribution in [2.24, 2.45) is 0 Å². The van der Waals surface area contributed by atoms with Crippen molar-refractivity contribution in [3.05, 3.63) is 35.4 Å². The third kappa shape index (κ3) is 5.76. The van der Waals surface area contributed by atoms with Gasteiger partial charge in [-0.3, -0.25) is 0 Å². The molecule has 0 radical (unpaired) electrons. The van der Waals surface area contributed by atoms with Crippen molar-refractivity contribution in [2.75, 3.05) is 7.11 Å². The van der Waals surface area contributed by atoms with Crippen LogP contribution in [0.25, 0.3) is 0 Å². The van der Waals surface area contributed by atoms with Crippen LogP contribution in [0.15, 0.2) is 24.3 Å². The highest BCUT2D eigenvalue weighted by Gasteiger charge is 2.14. The summed E-state index contributed by atoms with van der Waals surface area (Å²) in [6.45, 7) is 1.15. The first-order valence-electron chi connectivity index (χ1n) is 7.89. The molecule has 2 amide bonds. The maximum Gasteiger partial charge on any atom is 0.315 e. The highest BCUT2D eigenvalue weighted by atomic mass is 16.5. The minimum Gasteiger partial charge on any atom is -0.380 e. The number of amides is 2. The van der Waals surface area contributed by atoms with E-state index in [1.54, 1.807) is 7.11 Å². The highest BCUT2D eigenvalue weighted by Crippen LogP contribution is 2.17. The second-order valence-electron chi connectivity index (χ2n) is 5.77. The molecular weight excluding hydrogens is 264 g/mol. The Morgan fingerprint density at radius 2 is 1.90 bits per heavy atom. The van der Waals surface area contributed by atoms with Gasteiger partial charge in [-0.15, -0.1) is 0 Å². The van der Waals surface area contributed by atoms with Gasteiger partial charge in [0.1, 0.15) is 0 Å².